The largest absolute Gasteiger partial charge is 0.377 e. The smallest absolute Gasteiger partial charge is 0.0824 e. The van der Waals surface area contributed by atoms with Crippen molar-refractivity contribution in [3.05, 3.63) is 0 Å². The maximum Gasteiger partial charge on any atom is 0.0824 e. The normalized spacial score (nSPS) is 21.5. The average molecular weight is 270 g/mol. The van der Waals surface area contributed by atoms with Crippen molar-refractivity contribution in [2.24, 2.45) is 5.73 Å². The standard InChI is InChI=1S/C16H34N2O/c1-4-5-6-7-8-9-15(2)18-12-10-16(14-17,19-3)11-13-18/h15H,4-14,17H2,1-3H3. The number of rotatable bonds is 9. The Bertz CT molecular complexity index is 219. The summed E-state index contributed by atoms with van der Waals surface area (Å²) in [6.45, 7) is 7.59. The molecule has 2 N–H and O–H groups in total. The number of likely N-dealkylation sites (tertiary alicyclic amines) is 1. The summed E-state index contributed by atoms with van der Waals surface area (Å²) in [5, 5.41) is 0. The maximum absolute atomic E-state index is 5.85. The predicted octanol–water partition coefficient (Wildman–Crippen LogP) is 3.18. The lowest BCUT2D eigenvalue weighted by molar-refractivity contribution is -0.0563. The van der Waals surface area contributed by atoms with E-state index in [1.165, 1.54) is 38.5 Å². The first-order valence-electron chi connectivity index (χ1n) is 8.16. The molecule has 3 nitrogen and oxygen atoms in total. The van der Waals surface area contributed by atoms with Gasteiger partial charge in [0.1, 0.15) is 0 Å². The first-order valence-corrected chi connectivity index (χ1v) is 8.16. The Morgan fingerprint density at radius 3 is 2.32 bits per heavy atom. The molecular formula is C16H34N2O. The van der Waals surface area contributed by atoms with Crippen molar-refractivity contribution >= 4 is 0 Å². The van der Waals surface area contributed by atoms with E-state index in [2.05, 4.69) is 18.7 Å². The highest BCUT2D eigenvalue weighted by Crippen LogP contribution is 2.26. The number of hydrogen-bond acceptors (Lipinski definition) is 3. The molecular weight excluding hydrogens is 236 g/mol. The van der Waals surface area contributed by atoms with E-state index in [0.717, 1.165) is 25.9 Å². The Morgan fingerprint density at radius 2 is 1.79 bits per heavy atom. The highest BCUT2D eigenvalue weighted by Gasteiger charge is 2.34. The van der Waals surface area contributed by atoms with Crippen LogP contribution < -0.4 is 5.73 Å². The van der Waals surface area contributed by atoms with Crippen LogP contribution in [0.25, 0.3) is 0 Å². The molecule has 3 heteroatoms. The molecule has 114 valence electrons. The van der Waals surface area contributed by atoms with Crippen LogP contribution in [0.15, 0.2) is 0 Å². The zero-order valence-electron chi connectivity index (χ0n) is 13.3. The molecule has 0 aromatic heterocycles. The second-order valence-electron chi connectivity index (χ2n) is 6.18. The van der Waals surface area contributed by atoms with Gasteiger partial charge in [0.05, 0.1) is 5.60 Å². The van der Waals surface area contributed by atoms with Gasteiger partial charge in [-0.1, -0.05) is 39.0 Å². The van der Waals surface area contributed by atoms with Gasteiger partial charge in [-0.3, -0.25) is 0 Å². The number of ether oxygens (including phenoxy) is 1. The van der Waals surface area contributed by atoms with Crippen molar-refractivity contribution in [1.29, 1.82) is 0 Å². The van der Waals surface area contributed by atoms with Crippen LogP contribution >= 0.6 is 0 Å². The number of nitrogens with zero attached hydrogens (tertiary/aromatic N) is 1. The van der Waals surface area contributed by atoms with E-state index in [0.29, 0.717) is 12.6 Å². The topological polar surface area (TPSA) is 38.5 Å². The molecule has 1 aliphatic rings. The number of hydrogen-bond donors (Lipinski definition) is 1. The fourth-order valence-corrected chi connectivity index (χ4v) is 3.09. The Hall–Kier alpha value is -0.120. The Balaban J connectivity index is 2.19. The molecule has 1 rings (SSSR count). The minimum absolute atomic E-state index is 0.0443. The number of nitrogens with two attached hydrogens (primary N) is 1. The molecule has 0 saturated carbocycles. The molecule has 0 aromatic rings. The average Bonchev–Trinajstić information content (AvgIpc) is 2.47. The van der Waals surface area contributed by atoms with Crippen LogP contribution in [0, 0.1) is 0 Å². The number of unbranched alkanes of at least 4 members (excludes halogenated alkanes) is 4. The minimum Gasteiger partial charge on any atom is -0.377 e. The van der Waals surface area contributed by atoms with Crippen LogP contribution in [0.1, 0.15) is 65.2 Å². The van der Waals surface area contributed by atoms with Gasteiger partial charge in [0.25, 0.3) is 0 Å². The molecule has 1 fully saturated rings. The van der Waals surface area contributed by atoms with E-state index in [1.807, 2.05) is 0 Å². The second kappa shape index (κ2) is 8.93. The van der Waals surface area contributed by atoms with Crippen molar-refractivity contribution in [2.75, 3.05) is 26.7 Å². The molecule has 1 heterocycles. The van der Waals surface area contributed by atoms with Crippen LogP contribution in [0.5, 0.6) is 0 Å². The molecule has 1 saturated heterocycles. The summed E-state index contributed by atoms with van der Waals surface area (Å²) in [5.74, 6) is 0. The van der Waals surface area contributed by atoms with Gasteiger partial charge in [-0.2, -0.15) is 0 Å². The van der Waals surface area contributed by atoms with Crippen molar-refractivity contribution in [3.63, 3.8) is 0 Å². The fourth-order valence-electron chi connectivity index (χ4n) is 3.09. The molecule has 0 radical (unpaired) electrons. The zero-order chi connectivity index (χ0) is 14.1. The van der Waals surface area contributed by atoms with Crippen molar-refractivity contribution in [1.82, 2.24) is 4.90 Å². The minimum atomic E-state index is -0.0443. The van der Waals surface area contributed by atoms with Crippen molar-refractivity contribution < 1.29 is 4.74 Å². The third-order valence-corrected chi connectivity index (χ3v) is 4.86. The van der Waals surface area contributed by atoms with Crippen LogP contribution in [-0.4, -0.2) is 43.3 Å². The molecule has 0 spiro atoms. The van der Waals surface area contributed by atoms with Crippen molar-refractivity contribution in [3.8, 4) is 0 Å². The van der Waals surface area contributed by atoms with Crippen LogP contribution in [-0.2, 0) is 4.74 Å². The highest BCUT2D eigenvalue weighted by molar-refractivity contribution is 4.89. The van der Waals surface area contributed by atoms with E-state index in [4.69, 9.17) is 10.5 Å². The van der Waals surface area contributed by atoms with E-state index < -0.39 is 0 Å². The van der Waals surface area contributed by atoms with E-state index in [-0.39, 0.29) is 5.60 Å². The van der Waals surface area contributed by atoms with Gasteiger partial charge in [0.15, 0.2) is 0 Å². The third-order valence-electron chi connectivity index (χ3n) is 4.86. The van der Waals surface area contributed by atoms with Gasteiger partial charge < -0.3 is 15.4 Å². The summed E-state index contributed by atoms with van der Waals surface area (Å²) in [7, 11) is 1.81. The lowest BCUT2D eigenvalue weighted by atomic mass is 9.90. The SMILES string of the molecule is CCCCCCCC(C)N1CCC(CN)(OC)CC1. The predicted molar refractivity (Wildman–Crippen MR) is 82.4 cm³/mol. The third kappa shape index (κ3) is 5.41. The summed E-state index contributed by atoms with van der Waals surface area (Å²) >= 11 is 0. The first kappa shape index (κ1) is 16.9. The summed E-state index contributed by atoms with van der Waals surface area (Å²) < 4.78 is 5.63. The first-order chi connectivity index (χ1) is 9.17. The monoisotopic (exact) mass is 270 g/mol. The molecule has 0 amide bonds. The van der Waals surface area contributed by atoms with Gasteiger partial charge in [0, 0.05) is 32.8 Å². The van der Waals surface area contributed by atoms with E-state index in [1.54, 1.807) is 7.11 Å². The molecule has 0 bridgehead atoms. The molecule has 1 atom stereocenters. The summed E-state index contributed by atoms with van der Waals surface area (Å²) in [6.07, 6.45) is 10.4. The van der Waals surface area contributed by atoms with E-state index in [9.17, 15) is 0 Å². The van der Waals surface area contributed by atoms with Gasteiger partial charge in [-0.15, -0.1) is 0 Å². The van der Waals surface area contributed by atoms with Crippen LogP contribution in [0.4, 0.5) is 0 Å². The molecule has 19 heavy (non-hydrogen) atoms. The molecule has 0 aliphatic carbocycles. The van der Waals surface area contributed by atoms with E-state index >= 15 is 0 Å². The quantitative estimate of drug-likeness (QED) is 0.654. The fraction of sp³-hybridized carbons (Fsp3) is 1.00. The van der Waals surface area contributed by atoms with Crippen LogP contribution in [0.3, 0.4) is 0 Å². The lowest BCUT2D eigenvalue weighted by Gasteiger charge is -2.42. The Morgan fingerprint density at radius 1 is 1.16 bits per heavy atom. The second-order valence-corrected chi connectivity index (χ2v) is 6.18. The summed E-state index contributed by atoms with van der Waals surface area (Å²) in [5.41, 5.74) is 5.81. The number of piperidine rings is 1. The number of methoxy groups -OCH3 is 1. The maximum atomic E-state index is 5.85. The molecule has 1 unspecified atom stereocenters. The Labute approximate surface area is 119 Å². The molecule has 0 aromatic carbocycles. The highest BCUT2D eigenvalue weighted by atomic mass is 16.5. The van der Waals surface area contributed by atoms with Gasteiger partial charge in [-0.25, -0.2) is 0 Å². The van der Waals surface area contributed by atoms with Crippen molar-refractivity contribution in [2.45, 2.75) is 76.9 Å². The Kier molecular flexibility index (Phi) is 7.96. The lowest BCUT2D eigenvalue weighted by Crippen LogP contribution is -2.51. The van der Waals surface area contributed by atoms with Gasteiger partial charge >= 0.3 is 0 Å². The summed E-state index contributed by atoms with van der Waals surface area (Å²) in [4.78, 5) is 2.62. The van der Waals surface area contributed by atoms with Crippen LogP contribution in [0.2, 0.25) is 0 Å². The summed E-state index contributed by atoms with van der Waals surface area (Å²) in [6, 6.07) is 0.717. The zero-order valence-corrected chi connectivity index (χ0v) is 13.3. The van der Waals surface area contributed by atoms with Gasteiger partial charge in [0.2, 0.25) is 0 Å². The molecule has 1 aliphatic heterocycles. The van der Waals surface area contributed by atoms with Gasteiger partial charge in [-0.05, 0) is 26.2 Å².